The monoisotopic (exact) mass is 455 g/mol. The Morgan fingerprint density at radius 1 is 1.06 bits per heavy atom. The van der Waals surface area contributed by atoms with E-state index < -0.39 is 5.54 Å². The van der Waals surface area contributed by atoms with Crippen molar-refractivity contribution in [2.24, 2.45) is 16.8 Å². The van der Waals surface area contributed by atoms with Gasteiger partial charge in [-0.25, -0.2) is 0 Å². The molecule has 0 aromatic heterocycles. The molecule has 3 aliphatic rings. The van der Waals surface area contributed by atoms with Crippen LogP contribution < -0.4 is 10.5 Å². The molecule has 1 aromatic rings. The standard InChI is InChI=1S/C26H39N4O3/c1-27-25-28-26(18-21-10-6-3-7-11-21,17-16-20-8-4-2-5-9-20)24(31)29(25)19-22-12-14-23(15-13-22)30(32)33/h12-15,20-21,32H,2-11,16-19H2,1H3,(H,27,28)/q-1/t26-/m1/s1. The van der Waals surface area contributed by atoms with E-state index >= 15 is 0 Å². The second-order valence-electron chi connectivity index (χ2n) is 10.3. The molecule has 3 fully saturated rings. The predicted octanol–water partition coefficient (Wildman–Crippen LogP) is 5.37. The highest BCUT2D eigenvalue weighted by atomic mass is 16.8. The molecular formula is C26H39N4O3-. The fourth-order valence-corrected chi connectivity index (χ4v) is 6.14. The van der Waals surface area contributed by atoms with Gasteiger partial charge in [0.1, 0.15) is 5.54 Å². The Labute approximate surface area is 197 Å². The normalized spacial score (nSPS) is 26.1. The van der Waals surface area contributed by atoms with Crippen LogP contribution in [0.4, 0.5) is 5.69 Å². The van der Waals surface area contributed by atoms with E-state index in [4.69, 9.17) is 5.21 Å². The quantitative estimate of drug-likeness (QED) is 0.514. The van der Waals surface area contributed by atoms with Gasteiger partial charge in [-0.1, -0.05) is 76.3 Å². The molecular weight excluding hydrogens is 416 g/mol. The van der Waals surface area contributed by atoms with Gasteiger partial charge in [-0.05, 0) is 48.8 Å². The molecule has 7 heteroatoms. The summed E-state index contributed by atoms with van der Waals surface area (Å²) in [6.45, 7) is 0.402. The smallest absolute Gasteiger partial charge is 0.255 e. The fraction of sp³-hybridized carbons (Fsp3) is 0.692. The van der Waals surface area contributed by atoms with E-state index in [1.807, 2.05) is 0 Å². The Morgan fingerprint density at radius 3 is 2.24 bits per heavy atom. The van der Waals surface area contributed by atoms with E-state index in [2.05, 4.69) is 10.3 Å². The maximum Gasteiger partial charge on any atom is 0.255 e. The van der Waals surface area contributed by atoms with Crippen LogP contribution in [0.2, 0.25) is 0 Å². The van der Waals surface area contributed by atoms with Crippen molar-refractivity contribution in [2.45, 2.75) is 95.6 Å². The van der Waals surface area contributed by atoms with Crippen LogP contribution >= 0.6 is 0 Å². The van der Waals surface area contributed by atoms with Gasteiger partial charge in [0, 0.05) is 7.05 Å². The number of aliphatic imine (C=N–C) groups is 1. The number of rotatable bonds is 8. The number of carbonyl (C=O) groups is 1. The third kappa shape index (κ3) is 5.69. The average Bonchev–Trinajstić information content (AvgIpc) is 3.10. The minimum Gasteiger partial charge on any atom is -0.733 e. The van der Waals surface area contributed by atoms with E-state index in [-0.39, 0.29) is 16.8 Å². The number of hydrogen-bond donors (Lipinski definition) is 2. The van der Waals surface area contributed by atoms with E-state index in [0.29, 0.717) is 18.4 Å². The van der Waals surface area contributed by atoms with Crippen LogP contribution in [0.3, 0.4) is 0 Å². The van der Waals surface area contributed by atoms with Gasteiger partial charge in [-0.15, -0.1) is 0 Å². The van der Waals surface area contributed by atoms with Gasteiger partial charge >= 0.3 is 0 Å². The van der Waals surface area contributed by atoms with Crippen molar-refractivity contribution in [1.29, 1.82) is 0 Å². The number of nitrogens with zero attached hydrogens (tertiary/aromatic N) is 3. The topological polar surface area (TPSA) is 91.2 Å². The summed E-state index contributed by atoms with van der Waals surface area (Å²) in [5, 5.41) is 23.7. The van der Waals surface area contributed by atoms with Crippen molar-refractivity contribution in [3.63, 3.8) is 0 Å². The Morgan fingerprint density at radius 2 is 1.67 bits per heavy atom. The largest absolute Gasteiger partial charge is 0.733 e. The van der Waals surface area contributed by atoms with E-state index in [0.717, 1.165) is 30.7 Å². The molecule has 4 rings (SSSR count). The molecule has 2 saturated carbocycles. The summed E-state index contributed by atoms with van der Waals surface area (Å²) >= 11 is 0. The lowest BCUT2D eigenvalue weighted by Gasteiger charge is -2.34. The first-order valence-electron chi connectivity index (χ1n) is 12.8. The van der Waals surface area contributed by atoms with Crippen LogP contribution in [-0.2, 0) is 11.3 Å². The van der Waals surface area contributed by atoms with Gasteiger partial charge in [0.05, 0.1) is 12.2 Å². The maximum atomic E-state index is 14.0. The number of guanidine groups is 1. The van der Waals surface area contributed by atoms with Crippen molar-refractivity contribution < 1.29 is 10.0 Å². The summed E-state index contributed by atoms with van der Waals surface area (Å²) in [4.78, 5) is 20.2. The van der Waals surface area contributed by atoms with E-state index in [9.17, 15) is 10.0 Å². The number of anilines is 1. The molecule has 2 aliphatic carbocycles. The van der Waals surface area contributed by atoms with Crippen molar-refractivity contribution >= 4 is 17.6 Å². The van der Waals surface area contributed by atoms with Crippen molar-refractivity contribution in [3.05, 3.63) is 35.0 Å². The van der Waals surface area contributed by atoms with Gasteiger partial charge in [0.15, 0.2) is 0 Å². The minimum atomic E-state index is -0.564. The van der Waals surface area contributed by atoms with Crippen LogP contribution in [0.5, 0.6) is 0 Å². The van der Waals surface area contributed by atoms with Crippen LogP contribution in [0.15, 0.2) is 29.3 Å². The molecule has 33 heavy (non-hydrogen) atoms. The molecule has 1 amide bonds. The number of carbonyl (C=O) groups excluding carboxylic acids is 1. The number of benzene rings is 1. The van der Waals surface area contributed by atoms with Gasteiger partial charge in [0.2, 0.25) is 5.96 Å². The molecule has 0 spiro atoms. The molecule has 7 nitrogen and oxygen atoms in total. The highest BCUT2D eigenvalue weighted by molar-refractivity contribution is 6.09. The summed E-state index contributed by atoms with van der Waals surface area (Å²) in [7, 11) is 1.74. The van der Waals surface area contributed by atoms with Crippen LogP contribution in [0, 0.1) is 17.0 Å². The zero-order chi connectivity index (χ0) is 23.3. The van der Waals surface area contributed by atoms with Gasteiger partial charge < -0.3 is 15.8 Å². The lowest BCUT2D eigenvalue weighted by molar-refractivity contribution is -0.132. The molecule has 0 radical (unpaired) electrons. The zero-order valence-electron chi connectivity index (χ0n) is 20.0. The second kappa shape index (κ2) is 10.9. The molecule has 182 valence electrons. The summed E-state index contributed by atoms with van der Waals surface area (Å²) < 4.78 is 0. The SMILES string of the molecule is CN=C1N[C@](CCC2CCCCC2)(CC2CCCCC2)C(=O)N1Cc1ccc(N([O-])O)cc1. The zero-order valence-corrected chi connectivity index (χ0v) is 20.0. The summed E-state index contributed by atoms with van der Waals surface area (Å²) in [5.41, 5.74) is 0.510. The van der Waals surface area contributed by atoms with Crippen LogP contribution in [0.25, 0.3) is 0 Å². The molecule has 1 saturated heterocycles. The lowest BCUT2D eigenvalue weighted by atomic mass is 9.75. The third-order valence-corrected chi connectivity index (χ3v) is 8.04. The van der Waals surface area contributed by atoms with Gasteiger partial charge in [-0.2, -0.15) is 0 Å². The molecule has 1 aromatic carbocycles. The van der Waals surface area contributed by atoms with Crippen LogP contribution in [-0.4, -0.2) is 34.6 Å². The van der Waals surface area contributed by atoms with Crippen molar-refractivity contribution in [1.82, 2.24) is 10.2 Å². The molecule has 1 aliphatic heterocycles. The first-order valence-corrected chi connectivity index (χ1v) is 12.8. The molecule has 2 N–H and O–H groups in total. The van der Waals surface area contributed by atoms with E-state index in [1.54, 1.807) is 36.2 Å². The Kier molecular flexibility index (Phi) is 7.91. The van der Waals surface area contributed by atoms with Gasteiger partial charge in [-0.3, -0.25) is 19.9 Å². The number of hydrogen-bond acceptors (Lipinski definition) is 5. The third-order valence-electron chi connectivity index (χ3n) is 8.04. The Hall–Kier alpha value is -2.12. The first kappa shape index (κ1) is 24.0. The molecule has 1 heterocycles. The van der Waals surface area contributed by atoms with Crippen LogP contribution in [0.1, 0.15) is 89.0 Å². The van der Waals surface area contributed by atoms with Crippen molar-refractivity contribution in [2.75, 3.05) is 12.3 Å². The molecule has 0 bridgehead atoms. The average molecular weight is 456 g/mol. The fourth-order valence-electron chi connectivity index (χ4n) is 6.14. The maximum absolute atomic E-state index is 14.0. The summed E-state index contributed by atoms with van der Waals surface area (Å²) in [6.07, 6.45) is 15.7. The molecule has 0 unspecified atom stereocenters. The predicted molar refractivity (Wildman–Crippen MR) is 131 cm³/mol. The number of amides is 1. The Bertz CT molecular complexity index is 813. The Balaban J connectivity index is 1.53. The summed E-state index contributed by atoms with van der Waals surface area (Å²) in [6, 6.07) is 6.69. The highest BCUT2D eigenvalue weighted by Crippen LogP contribution is 2.39. The van der Waals surface area contributed by atoms with Gasteiger partial charge in [0.25, 0.3) is 5.91 Å². The van der Waals surface area contributed by atoms with E-state index in [1.165, 1.54) is 64.2 Å². The minimum absolute atomic E-state index is 0.140. The molecule has 1 atom stereocenters. The first-order chi connectivity index (χ1) is 16.0. The summed E-state index contributed by atoms with van der Waals surface area (Å²) in [5.74, 6) is 2.11. The highest BCUT2D eigenvalue weighted by Gasteiger charge is 2.50. The second-order valence-corrected chi connectivity index (χ2v) is 10.3. The van der Waals surface area contributed by atoms with Crippen molar-refractivity contribution in [3.8, 4) is 0 Å². The number of nitrogens with one attached hydrogen (secondary N) is 1. The lowest BCUT2D eigenvalue weighted by Crippen LogP contribution is -2.49.